The van der Waals surface area contributed by atoms with Gasteiger partial charge in [-0.05, 0) is 18.2 Å². The maximum Gasteiger partial charge on any atom is 0.270 e. The number of hydrogen-bond acceptors (Lipinski definition) is 5. The Morgan fingerprint density at radius 2 is 2.07 bits per heavy atom. The first kappa shape index (κ1) is 20.3. The van der Waals surface area contributed by atoms with Crippen molar-refractivity contribution in [2.24, 2.45) is 7.05 Å². The number of benzene rings is 1. The molecule has 8 nitrogen and oxygen atoms in total. The van der Waals surface area contributed by atoms with Gasteiger partial charge < -0.3 is 14.2 Å². The summed E-state index contributed by atoms with van der Waals surface area (Å²) in [5.41, 5.74) is 1.13. The van der Waals surface area contributed by atoms with Crippen molar-refractivity contribution >= 4 is 23.2 Å². The van der Waals surface area contributed by atoms with Gasteiger partial charge in [-0.3, -0.25) is 19.8 Å². The van der Waals surface area contributed by atoms with Crippen LogP contribution in [0.4, 0.5) is 5.69 Å². The smallest absolute Gasteiger partial charge is 0.270 e. The molecule has 3 rings (SSSR count). The molecule has 2 aromatic rings. The van der Waals surface area contributed by atoms with Crippen LogP contribution < -0.4 is 0 Å². The highest BCUT2D eigenvalue weighted by Crippen LogP contribution is 2.24. The summed E-state index contributed by atoms with van der Waals surface area (Å²) in [6, 6.07) is 7.85. The Hall–Kier alpha value is -2.42. The predicted molar refractivity (Wildman–Crippen MR) is 106 cm³/mol. The summed E-state index contributed by atoms with van der Waals surface area (Å²) in [6.07, 6.45) is 1.93. The van der Waals surface area contributed by atoms with Crippen LogP contribution in [0.1, 0.15) is 16.1 Å². The molecule has 0 spiro atoms. The molecule has 0 aliphatic carbocycles. The van der Waals surface area contributed by atoms with Crippen LogP contribution in [0.5, 0.6) is 0 Å². The van der Waals surface area contributed by atoms with Crippen LogP contribution in [0.3, 0.4) is 0 Å². The van der Waals surface area contributed by atoms with E-state index in [-0.39, 0.29) is 22.2 Å². The van der Waals surface area contributed by atoms with E-state index in [9.17, 15) is 14.9 Å². The SMILES string of the molecule is Cn1cccc1CN(CCN1CCOCC1)C(=O)c1ccc([N+](=O)[O-])cc1Cl. The quantitative estimate of drug-likeness (QED) is 0.521. The van der Waals surface area contributed by atoms with Crippen molar-refractivity contribution in [1.82, 2.24) is 14.4 Å². The van der Waals surface area contributed by atoms with Crippen LogP contribution in [0.25, 0.3) is 0 Å². The molecule has 0 radical (unpaired) electrons. The Balaban J connectivity index is 1.79. The zero-order valence-electron chi connectivity index (χ0n) is 15.7. The van der Waals surface area contributed by atoms with Gasteiger partial charge in [0.1, 0.15) is 0 Å². The molecule has 1 aromatic carbocycles. The normalized spacial score (nSPS) is 14.8. The van der Waals surface area contributed by atoms with Crippen molar-refractivity contribution in [1.29, 1.82) is 0 Å². The Labute approximate surface area is 168 Å². The minimum absolute atomic E-state index is 0.0856. The molecule has 9 heteroatoms. The molecule has 150 valence electrons. The number of non-ortho nitro benzene ring substituents is 1. The lowest BCUT2D eigenvalue weighted by atomic mass is 10.1. The number of nitro benzene ring substituents is 1. The van der Waals surface area contributed by atoms with Crippen molar-refractivity contribution in [2.75, 3.05) is 39.4 Å². The van der Waals surface area contributed by atoms with Gasteiger partial charge in [0, 0.05) is 57.3 Å². The van der Waals surface area contributed by atoms with E-state index in [1.54, 1.807) is 4.90 Å². The number of carbonyl (C=O) groups excluding carboxylic acids is 1. The van der Waals surface area contributed by atoms with E-state index in [2.05, 4.69) is 4.90 Å². The third kappa shape index (κ3) is 4.89. The molecule has 1 aliphatic heterocycles. The average Bonchev–Trinajstić information content (AvgIpc) is 3.09. The Bertz CT molecular complexity index is 848. The fourth-order valence-electron chi connectivity index (χ4n) is 3.16. The Morgan fingerprint density at radius 3 is 2.68 bits per heavy atom. The van der Waals surface area contributed by atoms with E-state index >= 15 is 0 Å². The van der Waals surface area contributed by atoms with Crippen LogP contribution in [0.15, 0.2) is 36.5 Å². The zero-order chi connectivity index (χ0) is 20.1. The lowest BCUT2D eigenvalue weighted by Gasteiger charge is -2.30. The maximum absolute atomic E-state index is 13.2. The number of nitrogens with zero attached hydrogens (tertiary/aromatic N) is 4. The number of ether oxygens (including phenoxy) is 1. The first-order chi connectivity index (χ1) is 13.5. The molecule has 2 heterocycles. The minimum Gasteiger partial charge on any atom is -0.379 e. The second kappa shape index (κ2) is 9.18. The van der Waals surface area contributed by atoms with E-state index in [1.807, 2.05) is 29.9 Å². The molecule has 28 heavy (non-hydrogen) atoms. The summed E-state index contributed by atoms with van der Waals surface area (Å²) in [5, 5.41) is 11.0. The summed E-state index contributed by atoms with van der Waals surface area (Å²) in [5.74, 6) is -0.241. The standard InChI is InChI=1S/C19H23ClN4O4/c1-21-6-2-3-16(21)14-23(8-7-22-9-11-28-12-10-22)19(25)17-5-4-15(24(26)27)13-18(17)20/h2-6,13H,7-12,14H2,1H3. The predicted octanol–water partition coefficient (Wildman–Crippen LogP) is 2.56. The maximum atomic E-state index is 13.2. The number of morpholine rings is 1. The van der Waals surface area contributed by atoms with Crippen LogP contribution in [0.2, 0.25) is 5.02 Å². The van der Waals surface area contributed by atoms with Gasteiger partial charge in [-0.1, -0.05) is 11.6 Å². The molecule has 1 aliphatic rings. The highest BCUT2D eigenvalue weighted by molar-refractivity contribution is 6.34. The molecule has 0 unspecified atom stereocenters. The van der Waals surface area contributed by atoms with Crippen LogP contribution in [-0.4, -0.2) is 64.6 Å². The van der Waals surface area contributed by atoms with Crippen LogP contribution in [-0.2, 0) is 18.3 Å². The van der Waals surface area contributed by atoms with Gasteiger partial charge in [-0.2, -0.15) is 0 Å². The molecule has 1 saturated heterocycles. The monoisotopic (exact) mass is 406 g/mol. The number of hydrogen-bond donors (Lipinski definition) is 0. The first-order valence-corrected chi connectivity index (χ1v) is 9.47. The number of carbonyl (C=O) groups is 1. The number of amides is 1. The van der Waals surface area contributed by atoms with Gasteiger partial charge in [-0.25, -0.2) is 0 Å². The van der Waals surface area contributed by atoms with E-state index < -0.39 is 4.92 Å². The van der Waals surface area contributed by atoms with Crippen molar-refractivity contribution in [2.45, 2.75) is 6.54 Å². The summed E-state index contributed by atoms with van der Waals surface area (Å²) in [7, 11) is 1.93. The highest BCUT2D eigenvalue weighted by atomic mass is 35.5. The third-order valence-corrected chi connectivity index (χ3v) is 5.19. The largest absolute Gasteiger partial charge is 0.379 e. The molecule has 0 saturated carbocycles. The molecule has 1 amide bonds. The molecular formula is C19H23ClN4O4. The molecular weight excluding hydrogens is 384 g/mol. The highest BCUT2D eigenvalue weighted by Gasteiger charge is 2.22. The molecule has 1 fully saturated rings. The fraction of sp³-hybridized carbons (Fsp3) is 0.421. The van der Waals surface area contributed by atoms with Gasteiger partial charge in [0.2, 0.25) is 0 Å². The van der Waals surface area contributed by atoms with Crippen LogP contribution in [0, 0.1) is 10.1 Å². The minimum atomic E-state index is -0.527. The van der Waals surface area contributed by atoms with E-state index in [0.29, 0.717) is 26.3 Å². The number of rotatable bonds is 7. The average molecular weight is 407 g/mol. The van der Waals surface area contributed by atoms with Crippen molar-refractivity contribution < 1.29 is 14.5 Å². The van der Waals surface area contributed by atoms with Gasteiger partial charge in [0.25, 0.3) is 11.6 Å². The van der Waals surface area contributed by atoms with Crippen molar-refractivity contribution in [3.8, 4) is 0 Å². The van der Waals surface area contributed by atoms with Gasteiger partial charge >= 0.3 is 0 Å². The Kier molecular flexibility index (Phi) is 6.66. The second-order valence-electron chi connectivity index (χ2n) is 6.71. The van der Waals surface area contributed by atoms with E-state index in [4.69, 9.17) is 16.3 Å². The molecule has 0 atom stereocenters. The van der Waals surface area contributed by atoms with Crippen molar-refractivity contribution in [3.63, 3.8) is 0 Å². The number of halogens is 1. The lowest BCUT2D eigenvalue weighted by Crippen LogP contribution is -2.43. The molecule has 0 bridgehead atoms. The van der Waals surface area contributed by atoms with E-state index in [1.165, 1.54) is 18.2 Å². The molecule has 1 aromatic heterocycles. The van der Waals surface area contributed by atoms with E-state index in [0.717, 1.165) is 25.3 Å². The third-order valence-electron chi connectivity index (χ3n) is 4.88. The molecule has 0 N–H and O–H groups in total. The lowest BCUT2D eigenvalue weighted by molar-refractivity contribution is -0.384. The first-order valence-electron chi connectivity index (χ1n) is 9.09. The number of aryl methyl sites for hydroxylation is 1. The van der Waals surface area contributed by atoms with Gasteiger partial charge in [-0.15, -0.1) is 0 Å². The topological polar surface area (TPSA) is 80.8 Å². The summed E-state index contributed by atoms with van der Waals surface area (Å²) >= 11 is 6.19. The van der Waals surface area contributed by atoms with Crippen molar-refractivity contribution in [3.05, 3.63) is 62.9 Å². The number of aromatic nitrogens is 1. The second-order valence-corrected chi connectivity index (χ2v) is 7.12. The number of nitro groups is 1. The summed E-state index contributed by atoms with van der Waals surface area (Å²) < 4.78 is 7.34. The van der Waals surface area contributed by atoms with Gasteiger partial charge in [0.05, 0.1) is 35.3 Å². The zero-order valence-corrected chi connectivity index (χ0v) is 16.5. The van der Waals surface area contributed by atoms with Crippen LogP contribution >= 0.6 is 11.6 Å². The Morgan fingerprint density at radius 1 is 1.32 bits per heavy atom. The summed E-state index contributed by atoms with van der Waals surface area (Å²) in [4.78, 5) is 27.6. The van der Waals surface area contributed by atoms with Gasteiger partial charge in [0.15, 0.2) is 0 Å². The fourth-order valence-corrected chi connectivity index (χ4v) is 3.41. The summed E-state index contributed by atoms with van der Waals surface area (Å²) in [6.45, 7) is 4.75.